The van der Waals surface area contributed by atoms with Crippen LogP contribution in [0, 0.1) is 0 Å². The maximum Gasteiger partial charge on any atom is 0.344 e. The van der Waals surface area contributed by atoms with E-state index in [-0.39, 0.29) is 12.0 Å². The van der Waals surface area contributed by atoms with Gasteiger partial charge in [0.25, 0.3) is 0 Å². The average molecular weight is 278 g/mol. The molecule has 0 aliphatic rings. The molecule has 0 saturated heterocycles. The van der Waals surface area contributed by atoms with Crippen LogP contribution in [-0.4, -0.2) is 31.6 Å². The first kappa shape index (κ1) is 15.4. The smallest absolute Gasteiger partial charge is 0.344 e. The number of para-hydroxylation sites is 1. The van der Waals surface area contributed by atoms with E-state index in [0.29, 0.717) is 5.75 Å². The molecule has 0 unspecified atom stereocenters. The zero-order chi connectivity index (χ0) is 15.0. The molecule has 0 spiro atoms. The lowest BCUT2D eigenvalue weighted by Gasteiger charge is -2.06. The van der Waals surface area contributed by atoms with Gasteiger partial charge >= 0.3 is 17.9 Å². The molecule has 1 rings (SSSR count). The second-order valence-corrected chi connectivity index (χ2v) is 3.72. The van der Waals surface area contributed by atoms with E-state index < -0.39 is 24.5 Å². The lowest BCUT2D eigenvalue weighted by atomic mass is 10.2. The standard InChI is InChI=1S/C14H14O6/c1-10(14(17)19-9-13(16)18-2)8-12(15)20-11-6-4-3-5-7-11/h3-7H,1,8-9H2,2H3. The first-order valence-corrected chi connectivity index (χ1v) is 5.70. The predicted octanol–water partition coefficient (Wildman–Crippen LogP) is 1.25. The molecule has 0 aliphatic carbocycles. The van der Waals surface area contributed by atoms with Crippen LogP contribution in [0.5, 0.6) is 5.75 Å². The summed E-state index contributed by atoms with van der Waals surface area (Å²) in [4.78, 5) is 33.7. The van der Waals surface area contributed by atoms with Crippen LogP contribution < -0.4 is 4.74 Å². The minimum Gasteiger partial charge on any atom is -0.466 e. The lowest BCUT2D eigenvalue weighted by Crippen LogP contribution is -2.18. The van der Waals surface area contributed by atoms with Crippen LogP contribution in [0.25, 0.3) is 0 Å². The Bertz CT molecular complexity index is 506. The van der Waals surface area contributed by atoms with Gasteiger partial charge in [-0.05, 0) is 12.1 Å². The summed E-state index contributed by atoms with van der Waals surface area (Å²) < 4.78 is 13.9. The molecule has 0 aliphatic heterocycles. The highest BCUT2D eigenvalue weighted by molar-refractivity contribution is 5.94. The Morgan fingerprint density at radius 2 is 1.75 bits per heavy atom. The number of hydrogen-bond acceptors (Lipinski definition) is 6. The highest BCUT2D eigenvalue weighted by Crippen LogP contribution is 2.11. The van der Waals surface area contributed by atoms with Crippen LogP contribution >= 0.6 is 0 Å². The average Bonchev–Trinajstić information content (AvgIpc) is 2.45. The van der Waals surface area contributed by atoms with Gasteiger partial charge in [0, 0.05) is 5.57 Å². The van der Waals surface area contributed by atoms with Gasteiger partial charge in [-0.3, -0.25) is 4.79 Å². The van der Waals surface area contributed by atoms with E-state index in [9.17, 15) is 14.4 Å². The molecule has 106 valence electrons. The monoisotopic (exact) mass is 278 g/mol. The van der Waals surface area contributed by atoms with Gasteiger partial charge in [0.1, 0.15) is 5.75 Å². The molecule has 0 amide bonds. The second kappa shape index (κ2) is 7.73. The number of esters is 3. The molecule has 0 bridgehead atoms. The Labute approximate surface area is 115 Å². The highest BCUT2D eigenvalue weighted by Gasteiger charge is 2.16. The first-order chi connectivity index (χ1) is 9.52. The fourth-order valence-electron chi connectivity index (χ4n) is 1.19. The molecule has 20 heavy (non-hydrogen) atoms. The zero-order valence-corrected chi connectivity index (χ0v) is 11.0. The molecule has 1 aromatic carbocycles. The summed E-state index contributed by atoms with van der Waals surface area (Å²) in [5.74, 6) is -1.82. The van der Waals surface area contributed by atoms with Gasteiger partial charge < -0.3 is 14.2 Å². The van der Waals surface area contributed by atoms with E-state index in [4.69, 9.17) is 4.74 Å². The predicted molar refractivity (Wildman–Crippen MR) is 68.8 cm³/mol. The Balaban J connectivity index is 2.39. The Morgan fingerprint density at radius 3 is 2.35 bits per heavy atom. The van der Waals surface area contributed by atoms with Crippen molar-refractivity contribution in [3.05, 3.63) is 42.5 Å². The molecule has 0 radical (unpaired) electrons. The highest BCUT2D eigenvalue weighted by atomic mass is 16.6. The number of rotatable bonds is 6. The van der Waals surface area contributed by atoms with E-state index >= 15 is 0 Å². The van der Waals surface area contributed by atoms with Crippen molar-refractivity contribution in [2.45, 2.75) is 6.42 Å². The van der Waals surface area contributed by atoms with Crippen LogP contribution in [0.2, 0.25) is 0 Å². The number of benzene rings is 1. The molecular weight excluding hydrogens is 264 g/mol. The van der Waals surface area contributed by atoms with E-state index in [1.54, 1.807) is 30.3 Å². The fraction of sp³-hybridized carbons (Fsp3) is 0.214. The molecule has 1 aromatic rings. The topological polar surface area (TPSA) is 78.9 Å². The number of carbonyl (C=O) groups excluding carboxylic acids is 3. The van der Waals surface area contributed by atoms with Gasteiger partial charge in [-0.1, -0.05) is 24.8 Å². The maximum absolute atomic E-state index is 11.5. The SMILES string of the molecule is C=C(CC(=O)Oc1ccccc1)C(=O)OCC(=O)OC. The third-order valence-corrected chi connectivity index (χ3v) is 2.17. The molecule has 6 heteroatoms. The van der Waals surface area contributed by atoms with Crippen LogP contribution in [0.15, 0.2) is 42.5 Å². The number of hydrogen-bond donors (Lipinski definition) is 0. The Kier molecular flexibility index (Phi) is 5.96. The summed E-state index contributed by atoms with van der Waals surface area (Å²) in [7, 11) is 1.17. The van der Waals surface area contributed by atoms with Crippen LogP contribution in [0.1, 0.15) is 6.42 Å². The van der Waals surface area contributed by atoms with Gasteiger partial charge in [0.05, 0.1) is 13.5 Å². The maximum atomic E-state index is 11.5. The third-order valence-electron chi connectivity index (χ3n) is 2.17. The van der Waals surface area contributed by atoms with E-state index in [2.05, 4.69) is 16.1 Å². The van der Waals surface area contributed by atoms with Crippen LogP contribution in [0.3, 0.4) is 0 Å². The summed E-state index contributed by atoms with van der Waals surface area (Å²) in [6.07, 6.45) is -0.325. The van der Waals surface area contributed by atoms with Crippen molar-refractivity contribution in [1.29, 1.82) is 0 Å². The van der Waals surface area contributed by atoms with E-state index in [0.717, 1.165) is 0 Å². The first-order valence-electron chi connectivity index (χ1n) is 5.70. The summed E-state index contributed by atoms with van der Waals surface area (Å²) >= 11 is 0. The van der Waals surface area contributed by atoms with Crippen LogP contribution in [-0.2, 0) is 23.9 Å². The van der Waals surface area contributed by atoms with E-state index in [1.165, 1.54) is 7.11 Å². The molecular formula is C14H14O6. The van der Waals surface area contributed by atoms with Gasteiger partial charge in [-0.25, -0.2) is 9.59 Å². The molecule has 6 nitrogen and oxygen atoms in total. The van der Waals surface area contributed by atoms with Crippen molar-refractivity contribution in [3.63, 3.8) is 0 Å². The second-order valence-electron chi connectivity index (χ2n) is 3.72. The largest absolute Gasteiger partial charge is 0.466 e. The minimum atomic E-state index is -0.847. The van der Waals surface area contributed by atoms with E-state index in [1.807, 2.05) is 0 Å². The Morgan fingerprint density at radius 1 is 1.10 bits per heavy atom. The molecule has 0 atom stereocenters. The van der Waals surface area contributed by atoms with Gasteiger partial charge in [-0.2, -0.15) is 0 Å². The number of methoxy groups -OCH3 is 1. The summed E-state index contributed by atoms with van der Waals surface area (Å²) in [5.41, 5.74) is -0.102. The minimum absolute atomic E-state index is 0.102. The molecule has 0 N–H and O–H groups in total. The molecule has 0 heterocycles. The normalized spacial score (nSPS) is 9.45. The number of ether oxygens (including phenoxy) is 3. The van der Waals surface area contributed by atoms with Crippen molar-refractivity contribution in [2.24, 2.45) is 0 Å². The van der Waals surface area contributed by atoms with Crippen molar-refractivity contribution >= 4 is 17.9 Å². The van der Waals surface area contributed by atoms with Crippen molar-refractivity contribution in [2.75, 3.05) is 13.7 Å². The molecule has 0 fully saturated rings. The van der Waals surface area contributed by atoms with Crippen molar-refractivity contribution in [1.82, 2.24) is 0 Å². The summed E-state index contributed by atoms with van der Waals surface area (Å²) in [6, 6.07) is 8.41. The van der Waals surface area contributed by atoms with Crippen LogP contribution in [0.4, 0.5) is 0 Å². The number of carbonyl (C=O) groups is 3. The Hall–Kier alpha value is -2.63. The summed E-state index contributed by atoms with van der Waals surface area (Å²) in [6.45, 7) is 2.89. The zero-order valence-electron chi connectivity index (χ0n) is 11.0. The molecule has 0 aromatic heterocycles. The van der Waals surface area contributed by atoms with Gasteiger partial charge in [0.15, 0.2) is 6.61 Å². The lowest BCUT2D eigenvalue weighted by molar-refractivity contribution is -0.154. The third kappa shape index (κ3) is 5.34. The molecule has 0 saturated carbocycles. The fourth-order valence-corrected chi connectivity index (χ4v) is 1.19. The van der Waals surface area contributed by atoms with Gasteiger partial charge in [-0.15, -0.1) is 0 Å². The van der Waals surface area contributed by atoms with Crippen molar-refractivity contribution in [3.8, 4) is 5.75 Å². The van der Waals surface area contributed by atoms with Gasteiger partial charge in [0.2, 0.25) is 0 Å². The quantitative estimate of drug-likeness (QED) is 0.443. The summed E-state index contributed by atoms with van der Waals surface area (Å²) in [5, 5.41) is 0. The van der Waals surface area contributed by atoms with Crippen molar-refractivity contribution < 1.29 is 28.6 Å².